The van der Waals surface area contributed by atoms with Crippen molar-refractivity contribution in [1.82, 2.24) is 0 Å². The van der Waals surface area contributed by atoms with Gasteiger partial charge in [0.05, 0.1) is 6.26 Å². The standard InChI is InChI=1S/C24H15FO3/c1-14-23-20(21(13-27-23)16-7-9-17(25)10-8-16)11-19-18(12-22(26)28-24(14)19)15-5-3-2-4-6-15/h2-13H,1H3. The first-order valence-corrected chi connectivity index (χ1v) is 8.92. The molecule has 28 heavy (non-hydrogen) atoms. The summed E-state index contributed by atoms with van der Waals surface area (Å²) >= 11 is 0. The average Bonchev–Trinajstić information content (AvgIpc) is 3.14. The number of furan rings is 1. The van der Waals surface area contributed by atoms with E-state index in [1.54, 1.807) is 18.4 Å². The van der Waals surface area contributed by atoms with Crippen LogP contribution in [0.1, 0.15) is 5.56 Å². The second kappa shape index (κ2) is 6.20. The van der Waals surface area contributed by atoms with Gasteiger partial charge in [0.2, 0.25) is 0 Å². The Hall–Kier alpha value is -3.66. The number of hydrogen-bond acceptors (Lipinski definition) is 3. The van der Waals surface area contributed by atoms with Crippen LogP contribution in [-0.2, 0) is 0 Å². The second-order valence-electron chi connectivity index (χ2n) is 6.76. The molecule has 0 aliphatic heterocycles. The maximum absolute atomic E-state index is 13.3. The summed E-state index contributed by atoms with van der Waals surface area (Å²) in [7, 11) is 0. The fraction of sp³-hybridized carbons (Fsp3) is 0.0417. The first-order valence-electron chi connectivity index (χ1n) is 8.92. The summed E-state index contributed by atoms with van der Waals surface area (Å²) in [5.41, 5.74) is 4.99. The van der Waals surface area contributed by atoms with Crippen molar-refractivity contribution < 1.29 is 13.2 Å². The minimum absolute atomic E-state index is 0.286. The maximum atomic E-state index is 13.3. The van der Waals surface area contributed by atoms with Crippen LogP contribution in [0.25, 0.3) is 44.2 Å². The summed E-state index contributed by atoms with van der Waals surface area (Å²) in [5, 5.41) is 1.73. The van der Waals surface area contributed by atoms with E-state index in [0.717, 1.165) is 38.6 Å². The normalized spacial score (nSPS) is 11.4. The summed E-state index contributed by atoms with van der Waals surface area (Å²) in [5.74, 6) is -0.286. The lowest BCUT2D eigenvalue weighted by Crippen LogP contribution is -1.99. The van der Waals surface area contributed by atoms with E-state index in [4.69, 9.17) is 8.83 Å². The highest BCUT2D eigenvalue weighted by Gasteiger charge is 2.17. The van der Waals surface area contributed by atoms with E-state index >= 15 is 0 Å². The van der Waals surface area contributed by atoms with Gasteiger partial charge in [0.15, 0.2) is 0 Å². The molecule has 0 spiro atoms. The molecule has 0 aliphatic carbocycles. The van der Waals surface area contributed by atoms with Gasteiger partial charge in [-0.05, 0) is 41.8 Å². The minimum Gasteiger partial charge on any atom is -0.463 e. The van der Waals surface area contributed by atoms with E-state index in [1.165, 1.54) is 18.2 Å². The molecule has 2 aromatic heterocycles. The summed E-state index contributed by atoms with van der Waals surface area (Å²) in [4.78, 5) is 12.2. The van der Waals surface area contributed by atoms with Crippen LogP contribution in [-0.4, -0.2) is 0 Å². The molecule has 2 heterocycles. The smallest absolute Gasteiger partial charge is 0.336 e. The van der Waals surface area contributed by atoms with Crippen molar-refractivity contribution in [2.75, 3.05) is 0 Å². The molecule has 0 bridgehead atoms. The van der Waals surface area contributed by atoms with Gasteiger partial charge in [-0.1, -0.05) is 42.5 Å². The number of rotatable bonds is 2. The topological polar surface area (TPSA) is 43.4 Å². The van der Waals surface area contributed by atoms with Gasteiger partial charge in [-0.15, -0.1) is 0 Å². The van der Waals surface area contributed by atoms with Crippen LogP contribution in [0.4, 0.5) is 4.39 Å². The van der Waals surface area contributed by atoms with Gasteiger partial charge in [-0.3, -0.25) is 0 Å². The van der Waals surface area contributed by atoms with Gasteiger partial charge < -0.3 is 8.83 Å². The third-order valence-electron chi connectivity index (χ3n) is 5.04. The molecule has 5 aromatic rings. The quantitative estimate of drug-likeness (QED) is 0.342. The Morgan fingerprint density at radius 3 is 2.21 bits per heavy atom. The van der Waals surface area contributed by atoms with Crippen LogP contribution in [0, 0.1) is 12.7 Å². The molecule has 5 rings (SSSR count). The van der Waals surface area contributed by atoms with E-state index in [-0.39, 0.29) is 5.82 Å². The molecule has 0 saturated carbocycles. The van der Waals surface area contributed by atoms with E-state index in [0.29, 0.717) is 11.2 Å². The fourth-order valence-corrected chi connectivity index (χ4v) is 3.68. The van der Waals surface area contributed by atoms with Crippen LogP contribution in [0.3, 0.4) is 0 Å². The number of halogens is 1. The number of fused-ring (bicyclic) bond motifs is 2. The predicted octanol–water partition coefficient (Wildman–Crippen LogP) is 6.32. The third kappa shape index (κ3) is 2.54. The van der Waals surface area contributed by atoms with Gasteiger partial charge in [0, 0.05) is 28.0 Å². The molecular formula is C24H15FO3. The van der Waals surface area contributed by atoms with Gasteiger partial charge in [0.25, 0.3) is 0 Å². The number of benzene rings is 3. The lowest BCUT2D eigenvalue weighted by atomic mass is 9.96. The molecule has 3 aromatic carbocycles. The lowest BCUT2D eigenvalue weighted by Gasteiger charge is -2.09. The summed E-state index contributed by atoms with van der Waals surface area (Å²) in [6.07, 6.45) is 1.66. The Kier molecular flexibility index (Phi) is 3.66. The molecule has 0 N–H and O–H groups in total. The molecule has 0 amide bonds. The molecule has 0 atom stereocenters. The number of hydrogen-bond donors (Lipinski definition) is 0. The monoisotopic (exact) mass is 370 g/mol. The van der Waals surface area contributed by atoms with Crippen molar-refractivity contribution >= 4 is 21.9 Å². The Morgan fingerprint density at radius 2 is 1.46 bits per heavy atom. The number of aryl methyl sites for hydroxylation is 1. The van der Waals surface area contributed by atoms with Gasteiger partial charge in [0.1, 0.15) is 17.0 Å². The highest BCUT2D eigenvalue weighted by atomic mass is 19.1. The van der Waals surface area contributed by atoms with Crippen LogP contribution in [0.2, 0.25) is 0 Å². The maximum Gasteiger partial charge on any atom is 0.336 e. The summed E-state index contributed by atoms with van der Waals surface area (Å²) in [6.45, 7) is 1.88. The van der Waals surface area contributed by atoms with Crippen molar-refractivity contribution in [2.24, 2.45) is 0 Å². The molecular weight excluding hydrogens is 355 g/mol. The lowest BCUT2D eigenvalue weighted by molar-refractivity contribution is 0.556. The van der Waals surface area contributed by atoms with E-state index in [2.05, 4.69) is 0 Å². The van der Waals surface area contributed by atoms with Crippen LogP contribution >= 0.6 is 0 Å². The van der Waals surface area contributed by atoms with Crippen molar-refractivity contribution in [3.05, 3.63) is 94.8 Å². The van der Waals surface area contributed by atoms with Crippen molar-refractivity contribution in [1.29, 1.82) is 0 Å². The van der Waals surface area contributed by atoms with Crippen LogP contribution in [0.15, 0.2) is 86.6 Å². The Morgan fingerprint density at radius 1 is 0.786 bits per heavy atom. The first-order chi connectivity index (χ1) is 13.6. The Balaban J connectivity index is 1.87. The van der Waals surface area contributed by atoms with Crippen molar-refractivity contribution in [3.8, 4) is 22.3 Å². The second-order valence-corrected chi connectivity index (χ2v) is 6.76. The Bertz CT molecular complexity index is 1380. The zero-order valence-electron chi connectivity index (χ0n) is 15.0. The van der Waals surface area contributed by atoms with Crippen LogP contribution < -0.4 is 5.63 Å². The molecule has 3 nitrogen and oxygen atoms in total. The SMILES string of the molecule is Cc1c2occ(-c3ccc(F)cc3)c2cc2c(-c3ccccc3)cc(=O)oc12. The molecule has 0 saturated heterocycles. The average molecular weight is 370 g/mol. The fourth-order valence-electron chi connectivity index (χ4n) is 3.68. The van der Waals surface area contributed by atoms with Gasteiger partial charge in [-0.25, -0.2) is 9.18 Å². The largest absolute Gasteiger partial charge is 0.463 e. The molecule has 0 radical (unpaired) electrons. The van der Waals surface area contributed by atoms with Crippen LogP contribution in [0.5, 0.6) is 0 Å². The van der Waals surface area contributed by atoms with Crippen molar-refractivity contribution in [3.63, 3.8) is 0 Å². The van der Waals surface area contributed by atoms with E-state index < -0.39 is 5.63 Å². The molecule has 136 valence electrons. The van der Waals surface area contributed by atoms with E-state index in [9.17, 15) is 9.18 Å². The molecule has 4 heteroatoms. The van der Waals surface area contributed by atoms with E-state index in [1.807, 2.05) is 43.3 Å². The molecule has 0 fully saturated rings. The highest BCUT2D eigenvalue weighted by molar-refractivity contribution is 6.08. The molecule has 0 aliphatic rings. The zero-order chi connectivity index (χ0) is 19.3. The summed E-state index contributed by atoms with van der Waals surface area (Å²) < 4.78 is 24.7. The predicted molar refractivity (Wildman–Crippen MR) is 108 cm³/mol. The summed E-state index contributed by atoms with van der Waals surface area (Å²) in [6, 6.07) is 19.5. The zero-order valence-corrected chi connectivity index (χ0v) is 15.0. The Labute approximate surface area is 159 Å². The highest BCUT2D eigenvalue weighted by Crippen LogP contribution is 2.38. The minimum atomic E-state index is -0.404. The first kappa shape index (κ1) is 16.5. The van der Waals surface area contributed by atoms with Gasteiger partial charge >= 0.3 is 5.63 Å². The third-order valence-corrected chi connectivity index (χ3v) is 5.04. The van der Waals surface area contributed by atoms with Crippen molar-refractivity contribution in [2.45, 2.75) is 6.92 Å². The van der Waals surface area contributed by atoms with Gasteiger partial charge in [-0.2, -0.15) is 0 Å². The molecule has 0 unspecified atom stereocenters.